The Labute approximate surface area is 156 Å². The molecule has 3 rings (SSSR count). The van der Waals surface area contributed by atoms with Crippen molar-refractivity contribution < 1.29 is 13.2 Å². The van der Waals surface area contributed by atoms with Crippen LogP contribution in [0.25, 0.3) is 0 Å². The lowest BCUT2D eigenvalue weighted by atomic mass is 10.1. The van der Waals surface area contributed by atoms with Gasteiger partial charge in [0.05, 0.1) is 17.8 Å². The summed E-state index contributed by atoms with van der Waals surface area (Å²) in [6.45, 7) is 5.59. The summed E-state index contributed by atoms with van der Waals surface area (Å²) < 4.78 is 40.4. The molecule has 142 valence electrons. The molecule has 0 bridgehead atoms. The van der Waals surface area contributed by atoms with Gasteiger partial charge in [0, 0.05) is 24.3 Å². The number of nitrogens with zero attached hydrogens (tertiary/aromatic N) is 2. The van der Waals surface area contributed by atoms with Crippen LogP contribution in [-0.2, 0) is 25.8 Å². The van der Waals surface area contributed by atoms with Crippen LogP contribution in [0.2, 0.25) is 0 Å². The van der Waals surface area contributed by atoms with E-state index >= 15 is 0 Å². The molecule has 6 heteroatoms. The van der Waals surface area contributed by atoms with Gasteiger partial charge in [-0.3, -0.25) is 4.68 Å². The first kappa shape index (κ1) is 19.2. The Morgan fingerprint density at radius 3 is 2.33 bits per heavy atom. The molecule has 27 heavy (non-hydrogen) atoms. The van der Waals surface area contributed by atoms with Crippen LogP contribution >= 0.6 is 0 Å². The SMILES string of the molecule is Cc1nn(Cc2ccccc2)c(C)c1CNCc1cccc(C(F)(F)F)c1. The molecule has 3 nitrogen and oxygen atoms in total. The fraction of sp³-hybridized carbons (Fsp3) is 0.286. The second-order valence-electron chi connectivity index (χ2n) is 6.59. The van der Waals surface area contributed by atoms with Gasteiger partial charge in [0.2, 0.25) is 0 Å². The van der Waals surface area contributed by atoms with Gasteiger partial charge in [0.25, 0.3) is 0 Å². The molecule has 0 aliphatic heterocycles. The third-order valence-electron chi connectivity index (χ3n) is 4.59. The summed E-state index contributed by atoms with van der Waals surface area (Å²) >= 11 is 0. The third-order valence-corrected chi connectivity index (χ3v) is 4.59. The van der Waals surface area contributed by atoms with E-state index in [-0.39, 0.29) is 0 Å². The van der Waals surface area contributed by atoms with E-state index in [0.29, 0.717) is 25.2 Å². The number of aryl methyl sites for hydroxylation is 1. The average Bonchev–Trinajstić information content (AvgIpc) is 2.89. The van der Waals surface area contributed by atoms with Gasteiger partial charge in [-0.2, -0.15) is 18.3 Å². The smallest absolute Gasteiger partial charge is 0.308 e. The number of hydrogen-bond acceptors (Lipinski definition) is 2. The van der Waals surface area contributed by atoms with Crippen molar-refractivity contribution in [1.29, 1.82) is 0 Å². The van der Waals surface area contributed by atoms with E-state index < -0.39 is 11.7 Å². The number of alkyl halides is 3. The molecule has 2 aromatic carbocycles. The van der Waals surface area contributed by atoms with Crippen LogP contribution in [0.1, 0.15) is 33.6 Å². The minimum atomic E-state index is -4.32. The molecule has 1 N–H and O–H groups in total. The Hall–Kier alpha value is -2.60. The summed E-state index contributed by atoms with van der Waals surface area (Å²) in [5.41, 5.74) is 4.24. The molecule has 0 aliphatic carbocycles. The molecule has 0 amide bonds. The molecular formula is C21H22F3N3. The van der Waals surface area contributed by atoms with E-state index in [1.807, 2.05) is 36.7 Å². The molecule has 0 radical (unpaired) electrons. The fourth-order valence-electron chi connectivity index (χ4n) is 3.09. The second-order valence-corrected chi connectivity index (χ2v) is 6.59. The zero-order chi connectivity index (χ0) is 19.4. The number of aromatic nitrogens is 2. The first-order valence-corrected chi connectivity index (χ1v) is 8.78. The van der Waals surface area contributed by atoms with Crippen molar-refractivity contribution in [3.05, 3.63) is 88.2 Å². The maximum Gasteiger partial charge on any atom is 0.416 e. The Morgan fingerprint density at radius 1 is 0.926 bits per heavy atom. The van der Waals surface area contributed by atoms with Crippen LogP contribution in [0, 0.1) is 13.8 Å². The lowest BCUT2D eigenvalue weighted by Gasteiger charge is -2.10. The Bertz CT molecular complexity index is 899. The molecular weight excluding hydrogens is 351 g/mol. The lowest BCUT2D eigenvalue weighted by Crippen LogP contribution is -2.15. The van der Waals surface area contributed by atoms with Crippen molar-refractivity contribution in [2.45, 2.75) is 39.7 Å². The van der Waals surface area contributed by atoms with Crippen molar-refractivity contribution in [2.24, 2.45) is 0 Å². The molecule has 1 aromatic heterocycles. The summed E-state index contributed by atoms with van der Waals surface area (Å²) in [5.74, 6) is 0. The maximum atomic E-state index is 12.8. The summed E-state index contributed by atoms with van der Waals surface area (Å²) in [6.07, 6.45) is -4.32. The van der Waals surface area contributed by atoms with E-state index in [2.05, 4.69) is 22.5 Å². The van der Waals surface area contributed by atoms with Gasteiger partial charge in [-0.15, -0.1) is 0 Å². The van der Waals surface area contributed by atoms with Gasteiger partial charge in [0.1, 0.15) is 0 Å². The van der Waals surface area contributed by atoms with E-state index in [0.717, 1.165) is 23.0 Å². The number of halogens is 3. The molecule has 3 aromatic rings. The summed E-state index contributed by atoms with van der Waals surface area (Å²) in [6, 6.07) is 15.5. The zero-order valence-corrected chi connectivity index (χ0v) is 15.3. The normalized spacial score (nSPS) is 11.7. The zero-order valence-electron chi connectivity index (χ0n) is 15.3. The Morgan fingerprint density at radius 2 is 1.63 bits per heavy atom. The highest BCUT2D eigenvalue weighted by Gasteiger charge is 2.30. The average molecular weight is 373 g/mol. The van der Waals surface area contributed by atoms with Crippen molar-refractivity contribution >= 4 is 0 Å². The van der Waals surface area contributed by atoms with Gasteiger partial charge in [-0.25, -0.2) is 0 Å². The van der Waals surface area contributed by atoms with Crippen LogP contribution in [0.5, 0.6) is 0 Å². The third kappa shape index (κ3) is 4.77. The first-order valence-electron chi connectivity index (χ1n) is 8.78. The highest BCUT2D eigenvalue weighted by atomic mass is 19.4. The van der Waals surface area contributed by atoms with Crippen molar-refractivity contribution in [2.75, 3.05) is 0 Å². The molecule has 0 aliphatic rings. The van der Waals surface area contributed by atoms with Gasteiger partial charge in [-0.1, -0.05) is 48.5 Å². The number of hydrogen-bond donors (Lipinski definition) is 1. The van der Waals surface area contributed by atoms with E-state index in [1.54, 1.807) is 6.07 Å². The van der Waals surface area contributed by atoms with Gasteiger partial charge < -0.3 is 5.32 Å². The summed E-state index contributed by atoms with van der Waals surface area (Å²) in [5, 5.41) is 7.84. The predicted octanol–water partition coefficient (Wildman–Crippen LogP) is 4.86. The largest absolute Gasteiger partial charge is 0.416 e. The number of nitrogens with one attached hydrogen (secondary N) is 1. The summed E-state index contributed by atoms with van der Waals surface area (Å²) in [4.78, 5) is 0. The number of rotatable bonds is 6. The molecule has 0 fully saturated rings. The highest BCUT2D eigenvalue weighted by Crippen LogP contribution is 2.29. The quantitative estimate of drug-likeness (QED) is 0.669. The molecule has 0 unspecified atom stereocenters. The van der Waals surface area contributed by atoms with E-state index in [1.165, 1.54) is 17.7 Å². The Balaban J connectivity index is 1.65. The molecule has 1 heterocycles. The van der Waals surface area contributed by atoms with Crippen molar-refractivity contribution in [3.8, 4) is 0 Å². The van der Waals surface area contributed by atoms with Crippen LogP contribution < -0.4 is 5.32 Å². The van der Waals surface area contributed by atoms with Gasteiger partial charge >= 0.3 is 6.18 Å². The molecule has 0 spiro atoms. The van der Waals surface area contributed by atoms with Crippen molar-refractivity contribution in [1.82, 2.24) is 15.1 Å². The minimum Gasteiger partial charge on any atom is -0.308 e. The van der Waals surface area contributed by atoms with Crippen LogP contribution in [-0.4, -0.2) is 9.78 Å². The minimum absolute atomic E-state index is 0.368. The second kappa shape index (κ2) is 7.96. The monoisotopic (exact) mass is 373 g/mol. The van der Waals surface area contributed by atoms with Gasteiger partial charge in [-0.05, 0) is 31.0 Å². The van der Waals surface area contributed by atoms with Crippen LogP contribution in [0.15, 0.2) is 54.6 Å². The molecule has 0 saturated carbocycles. The van der Waals surface area contributed by atoms with Crippen LogP contribution in [0.3, 0.4) is 0 Å². The van der Waals surface area contributed by atoms with Gasteiger partial charge in [0.15, 0.2) is 0 Å². The van der Waals surface area contributed by atoms with Crippen molar-refractivity contribution in [3.63, 3.8) is 0 Å². The lowest BCUT2D eigenvalue weighted by molar-refractivity contribution is -0.137. The van der Waals surface area contributed by atoms with Crippen LogP contribution in [0.4, 0.5) is 13.2 Å². The predicted molar refractivity (Wildman–Crippen MR) is 99.2 cm³/mol. The van der Waals surface area contributed by atoms with E-state index in [4.69, 9.17) is 0 Å². The molecule has 0 saturated heterocycles. The highest BCUT2D eigenvalue weighted by molar-refractivity contribution is 5.27. The Kier molecular flexibility index (Phi) is 5.65. The molecule has 0 atom stereocenters. The van der Waals surface area contributed by atoms with E-state index in [9.17, 15) is 13.2 Å². The topological polar surface area (TPSA) is 29.9 Å². The maximum absolute atomic E-state index is 12.8. The number of benzene rings is 2. The first-order chi connectivity index (χ1) is 12.8. The summed E-state index contributed by atoms with van der Waals surface area (Å²) in [7, 11) is 0. The standard InChI is InChI=1S/C21H22F3N3/c1-15-20(16(2)27(26-15)14-17-7-4-3-5-8-17)13-25-12-18-9-6-10-19(11-18)21(22,23)24/h3-11,25H,12-14H2,1-2H3. The fourth-order valence-corrected chi connectivity index (χ4v) is 3.09.